The summed E-state index contributed by atoms with van der Waals surface area (Å²) in [6, 6.07) is 8.42. The van der Waals surface area contributed by atoms with Crippen molar-refractivity contribution in [1.82, 2.24) is 4.98 Å². The van der Waals surface area contributed by atoms with Crippen LogP contribution in [0.4, 0.5) is 5.69 Å². The van der Waals surface area contributed by atoms with Gasteiger partial charge in [0.1, 0.15) is 18.0 Å². The first kappa shape index (κ1) is 15.4. The predicted octanol–water partition coefficient (Wildman–Crippen LogP) is 1.74. The molecule has 0 saturated heterocycles. The maximum absolute atomic E-state index is 10.7. The second kappa shape index (κ2) is 6.64. The van der Waals surface area contributed by atoms with Crippen LogP contribution < -0.4 is 10.5 Å². The molecule has 2 aromatic rings. The Kier molecular flexibility index (Phi) is 4.64. The predicted molar refractivity (Wildman–Crippen MR) is 76.7 cm³/mol. The molecule has 0 radical (unpaired) electrons. The average molecular weight is 303 g/mol. The van der Waals surface area contributed by atoms with Gasteiger partial charge in [0.05, 0.1) is 4.92 Å². The lowest BCUT2D eigenvalue weighted by atomic mass is 10.1. The summed E-state index contributed by atoms with van der Waals surface area (Å²) in [5.74, 6) is -0.356. The van der Waals surface area contributed by atoms with Crippen molar-refractivity contribution in [3.05, 3.63) is 58.3 Å². The first-order valence-electron chi connectivity index (χ1n) is 6.31. The number of nitrogens with zero attached hydrogens (tertiary/aromatic N) is 2. The van der Waals surface area contributed by atoms with Crippen LogP contribution in [-0.4, -0.2) is 27.0 Å². The Morgan fingerprint density at radius 2 is 2.00 bits per heavy atom. The van der Waals surface area contributed by atoms with Gasteiger partial charge in [-0.1, -0.05) is 12.1 Å². The van der Waals surface area contributed by atoms with Crippen molar-refractivity contribution in [1.29, 1.82) is 0 Å². The molecular weight excluding hydrogens is 290 g/mol. The van der Waals surface area contributed by atoms with Gasteiger partial charge >= 0.3 is 5.97 Å². The molecule has 0 aliphatic carbocycles. The zero-order valence-corrected chi connectivity index (χ0v) is 11.4. The molecule has 1 aromatic heterocycles. The normalized spacial score (nSPS) is 11.7. The molecule has 22 heavy (non-hydrogen) atoms. The van der Waals surface area contributed by atoms with E-state index >= 15 is 0 Å². The van der Waals surface area contributed by atoms with E-state index in [1.165, 1.54) is 12.1 Å². The second-order valence-electron chi connectivity index (χ2n) is 4.51. The number of pyridine rings is 1. The Bertz CT molecular complexity index is 670. The summed E-state index contributed by atoms with van der Waals surface area (Å²) in [7, 11) is 0. The molecule has 0 fully saturated rings. The van der Waals surface area contributed by atoms with Crippen LogP contribution in [0, 0.1) is 10.1 Å². The third-order valence-electron chi connectivity index (χ3n) is 2.85. The van der Waals surface area contributed by atoms with E-state index < -0.39 is 16.9 Å². The maximum atomic E-state index is 10.7. The number of aromatic nitrogens is 1. The van der Waals surface area contributed by atoms with Gasteiger partial charge in [0.25, 0.3) is 5.69 Å². The summed E-state index contributed by atoms with van der Waals surface area (Å²) in [5, 5.41) is 19.3. The average Bonchev–Trinajstić information content (AvgIpc) is 2.49. The zero-order valence-electron chi connectivity index (χ0n) is 11.4. The summed E-state index contributed by atoms with van der Waals surface area (Å²) < 4.78 is 5.44. The van der Waals surface area contributed by atoms with E-state index in [1.54, 1.807) is 24.3 Å². The highest BCUT2D eigenvalue weighted by Gasteiger charge is 2.12. The van der Waals surface area contributed by atoms with Crippen LogP contribution in [0.2, 0.25) is 0 Å². The SMILES string of the molecule is N[C@@H](Cc1ccc(Oc2ccc([N+](=O)[O-])cn2)cc1)C(=O)O. The number of carbonyl (C=O) groups is 1. The first-order valence-corrected chi connectivity index (χ1v) is 6.31. The molecule has 8 nitrogen and oxygen atoms in total. The Labute approximate surface area is 125 Å². The van der Waals surface area contributed by atoms with E-state index in [0.717, 1.165) is 11.8 Å². The molecule has 0 saturated carbocycles. The van der Waals surface area contributed by atoms with Crippen molar-refractivity contribution < 1.29 is 19.6 Å². The summed E-state index contributed by atoms with van der Waals surface area (Å²) in [5.41, 5.74) is 6.10. The fourth-order valence-corrected chi connectivity index (χ4v) is 1.70. The molecule has 1 atom stereocenters. The maximum Gasteiger partial charge on any atom is 0.320 e. The van der Waals surface area contributed by atoms with Gasteiger partial charge in [-0.25, -0.2) is 4.98 Å². The van der Waals surface area contributed by atoms with Crippen LogP contribution >= 0.6 is 0 Å². The third kappa shape index (κ3) is 4.00. The quantitative estimate of drug-likeness (QED) is 0.614. The molecule has 0 unspecified atom stereocenters. The fraction of sp³-hybridized carbons (Fsp3) is 0.143. The van der Waals surface area contributed by atoms with E-state index in [9.17, 15) is 14.9 Å². The number of carboxylic acid groups (broad SMARTS) is 1. The molecule has 0 aliphatic rings. The van der Waals surface area contributed by atoms with Crippen LogP contribution in [0.5, 0.6) is 11.6 Å². The van der Waals surface area contributed by atoms with E-state index in [1.807, 2.05) is 0 Å². The van der Waals surface area contributed by atoms with E-state index in [-0.39, 0.29) is 18.0 Å². The van der Waals surface area contributed by atoms with Crippen LogP contribution in [0.3, 0.4) is 0 Å². The van der Waals surface area contributed by atoms with Gasteiger partial charge in [-0.2, -0.15) is 0 Å². The number of nitro groups is 1. The molecule has 3 N–H and O–H groups in total. The number of rotatable bonds is 6. The molecule has 114 valence electrons. The number of nitrogens with two attached hydrogens (primary N) is 1. The third-order valence-corrected chi connectivity index (χ3v) is 2.85. The van der Waals surface area contributed by atoms with Crippen LogP contribution in [-0.2, 0) is 11.2 Å². The monoisotopic (exact) mass is 303 g/mol. The summed E-state index contributed by atoms with van der Waals surface area (Å²) in [4.78, 5) is 24.5. The van der Waals surface area contributed by atoms with Crippen molar-refractivity contribution in [2.24, 2.45) is 5.73 Å². The van der Waals surface area contributed by atoms with Gasteiger partial charge in [-0.05, 0) is 24.1 Å². The van der Waals surface area contributed by atoms with E-state index in [0.29, 0.717) is 5.75 Å². The molecule has 1 aromatic carbocycles. The van der Waals surface area contributed by atoms with E-state index in [4.69, 9.17) is 15.6 Å². The summed E-state index contributed by atoms with van der Waals surface area (Å²) >= 11 is 0. The molecule has 8 heteroatoms. The Balaban J connectivity index is 2.01. The first-order chi connectivity index (χ1) is 10.5. The topological polar surface area (TPSA) is 129 Å². The van der Waals surface area contributed by atoms with Gasteiger partial charge in [-0.3, -0.25) is 14.9 Å². The fourth-order valence-electron chi connectivity index (χ4n) is 1.70. The molecule has 0 spiro atoms. The van der Waals surface area contributed by atoms with Crippen molar-refractivity contribution in [2.45, 2.75) is 12.5 Å². The van der Waals surface area contributed by atoms with Gasteiger partial charge in [0.2, 0.25) is 5.88 Å². The largest absolute Gasteiger partial charge is 0.480 e. The number of benzene rings is 1. The van der Waals surface area contributed by atoms with Crippen molar-refractivity contribution >= 4 is 11.7 Å². The minimum absolute atomic E-state index is 0.120. The zero-order chi connectivity index (χ0) is 16.1. The van der Waals surface area contributed by atoms with Gasteiger partial charge in [-0.15, -0.1) is 0 Å². The Morgan fingerprint density at radius 3 is 2.50 bits per heavy atom. The molecule has 1 heterocycles. The van der Waals surface area contributed by atoms with Crippen molar-refractivity contribution in [3.63, 3.8) is 0 Å². The van der Waals surface area contributed by atoms with Crippen LogP contribution in [0.1, 0.15) is 5.56 Å². The highest BCUT2D eigenvalue weighted by atomic mass is 16.6. The number of hydrogen-bond acceptors (Lipinski definition) is 6. The number of ether oxygens (including phenoxy) is 1. The lowest BCUT2D eigenvalue weighted by Gasteiger charge is -2.08. The number of carboxylic acids is 1. The molecule has 0 amide bonds. The van der Waals surface area contributed by atoms with E-state index in [2.05, 4.69) is 4.98 Å². The minimum Gasteiger partial charge on any atom is -0.480 e. The highest BCUT2D eigenvalue weighted by Crippen LogP contribution is 2.21. The number of hydrogen-bond donors (Lipinski definition) is 2. The van der Waals surface area contributed by atoms with Gasteiger partial charge < -0.3 is 15.6 Å². The van der Waals surface area contributed by atoms with Gasteiger partial charge in [0.15, 0.2) is 0 Å². The smallest absolute Gasteiger partial charge is 0.320 e. The summed E-state index contributed by atoms with van der Waals surface area (Å²) in [6.07, 6.45) is 1.32. The highest BCUT2D eigenvalue weighted by molar-refractivity contribution is 5.73. The van der Waals surface area contributed by atoms with Crippen molar-refractivity contribution in [2.75, 3.05) is 0 Å². The second-order valence-corrected chi connectivity index (χ2v) is 4.51. The molecular formula is C14H13N3O5. The molecule has 0 aliphatic heterocycles. The van der Waals surface area contributed by atoms with Crippen molar-refractivity contribution in [3.8, 4) is 11.6 Å². The Morgan fingerprint density at radius 1 is 1.32 bits per heavy atom. The Hall–Kier alpha value is -3.00. The summed E-state index contributed by atoms with van der Waals surface area (Å²) in [6.45, 7) is 0. The minimum atomic E-state index is -1.06. The molecule has 0 bridgehead atoms. The van der Waals surface area contributed by atoms with Crippen LogP contribution in [0.25, 0.3) is 0 Å². The standard InChI is InChI=1S/C14H13N3O5/c15-12(14(18)19)7-9-1-4-11(5-2-9)22-13-6-3-10(8-16-13)17(20)21/h1-6,8,12H,7,15H2,(H,18,19)/t12-/m0/s1. The number of aliphatic carboxylic acids is 1. The van der Waals surface area contributed by atoms with Gasteiger partial charge in [0, 0.05) is 12.1 Å². The lowest BCUT2D eigenvalue weighted by molar-refractivity contribution is -0.385. The lowest BCUT2D eigenvalue weighted by Crippen LogP contribution is -2.32. The molecule has 2 rings (SSSR count). The van der Waals surface area contributed by atoms with Crippen LogP contribution in [0.15, 0.2) is 42.6 Å².